The van der Waals surface area contributed by atoms with Crippen molar-refractivity contribution in [3.63, 3.8) is 0 Å². The molecule has 4 rings (SSSR count). The van der Waals surface area contributed by atoms with Crippen molar-refractivity contribution in [2.75, 3.05) is 13.2 Å². The first kappa shape index (κ1) is 27.5. The highest BCUT2D eigenvalue weighted by Gasteiger charge is 2.51. The minimum Gasteiger partial charge on any atom is -0.374 e. The summed E-state index contributed by atoms with van der Waals surface area (Å²) in [6.07, 6.45) is -1.16. The van der Waals surface area contributed by atoms with Crippen molar-refractivity contribution in [2.24, 2.45) is 0 Å². The molecule has 8 nitrogen and oxygen atoms in total. The van der Waals surface area contributed by atoms with Gasteiger partial charge in [-0.2, -0.15) is 4.79 Å². The number of ether oxygens (including phenoxy) is 5. The van der Waals surface area contributed by atoms with Crippen LogP contribution in [-0.4, -0.2) is 54.1 Å². The summed E-state index contributed by atoms with van der Waals surface area (Å²) in [4.78, 5) is 15.7. The van der Waals surface area contributed by atoms with Crippen LogP contribution in [0.25, 0.3) is 5.53 Å². The van der Waals surface area contributed by atoms with E-state index in [9.17, 15) is 4.79 Å². The van der Waals surface area contributed by atoms with E-state index in [1.54, 1.807) is 0 Å². The van der Waals surface area contributed by atoms with Crippen LogP contribution in [0.2, 0.25) is 0 Å². The van der Waals surface area contributed by atoms with Gasteiger partial charge in [0.1, 0.15) is 18.3 Å². The van der Waals surface area contributed by atoms with Crippen LogP contribution >= 0.6 is 0 Å². The van der Waals surface area contributed by atoms with E-state index in [-0.39, 0.29) is 13.2 Å². The van der Waals surface area contributed by atoms with Crippen molar-refractivity contribution in [3.05, 3.63) is 113 Å². The molecular formula is C30H32N2O6. The van der Waals surface area contributed by atoms with Crippen LogP contribution in [0, 0.1) is 0 Å². The smallest absolute Gasteiger partial charge is 0.328 e. The van der Waals surface area contributed by atoms with E-state index < -0.39 is 29.9 Å². The third-order valence-electron chi connectivity index (χ3n) is 6.18. The van der Waals surface area contributed by atoms with Gasteiger partial charge >= 0.3 is 6.21 Å². The Bertz CT molecular complexity index is 1130. The maximum Gasteiger partial charge on any atom is 0.328 e. The van der Waals surface area contributed by atoms with E-state index in [0.717, 1.165) is 22.9 Å². The average Bonchev–Trinajstić information content (AvgIpc) is 2.94. The Labute approximate surface area is 222 Å². The molecule has 4 atom stereocenters. The van der Waals surface area contributed by atoms with E-state index in [1.165, 1.54) is 6.92 Å². The summed E-state index contributed by atoms with van der Waals surface area (Å²) in [7, 11) is 0. The molecular weight excluding hydrogens is 484 g/mol. The number of carbonyl (C=O) groups excluding carboxylic acids is 1. The van der Waals surface area contributed by atoms with Crippen molar-refractivity contribution in [3.8, 4) is 0 Å². The fraction of sp³-hybridized carbons (Fsp3) is 0.333. The third-order valence-corrected chi connectivity index (χ3v) is 6.18. The molecule has 0 saturated carbocycles. The topological polar surface area (TPSA) is 99.6 Å². The van der Waals surface area contributed by atoms with Gasteiger partial charge in [-0.25, -0.2) is 0 Å². The van der Waals surface area contributed by atoms with Gasteiger partial charge in [0.05, 0.1) is 33.0 Å². The Balaban J connectivity index is 1.53. The predicted molar refractivity (Wildman–Crippen MR) is 140 cm³/mol. The zero-order chi connectivity index (χ0) is 26.6. The Kier molecular flexibility index (Phi) is 10.1. The Morgan fingerprint density at radius 3 is 1.63 bits per heavy atom. The van der Waals surface area contributed by atoms with E-state index in [1.807, 2.05) is 91.0 Å². The van der Waals surface area contributed by atoms with Gasteiger partial charge in [-0.05, 0) is 23.6 Å². The fourth-order valence-corrected chi connectivity index (χ4v) is 4.24. The first-order valence-electron chi connectivity index (χ1n) is 12.5. The number of hydrogen-bond donors (Lipinski definition) is 0. The van der Waals surface area contributed by atoms with Gasteiger partial charge in [0.15, 0.2) is 0 Å². The molecule has 38 heavy (non-hydrogen) atoms. The molecule has 0 bridgehead atoms. The molecule has 1 saturated heterocycles. The zero-order valence-corrected chi connectivity index (χ0v) is 21.3. The van der Waals surface area contributed by atoms with Crippen LogP contribution in [0.4, 0.5) is 0 Å². The van der Waals surface area contributed by atoms with Gasteiger partial charge < -0.3 is 29.2 Å². The van der Waals surface area contributed by atoms with Crippen LogP contribution in [0.5, 0.6) is 0 Å². The van der Waals surface area contributed by atoms with Crippen LogP contribution < -0.4 is 0 Å². The Morgan fingerprint density at radius 1 is 0.789 bits per heavy atom. The summed E-state index contributed by atoms with van der Waals surface area (Å²) in [5.41, 5.74) is 12.0. The number of hydrogen-bond acceptors (Lipinski definition) is 6. The van der Waals surface area contributed by atoms with Crippen molar-refractivity contribution in [2.45, 2.75) is 50.8 Å². The predicted octanol–water partition coefficient (Wildman–Crippen LogP) is 4.38. The maximum atomic E-state index is 12.8. The second-order valence-corrected chi connectivity index (χ2v) is 9.13. The lowest BCUT2D eigenvalue weighted by Gasteiger charge is -2.45. The summed E-state index contributed by atoms with van der Waals surface area (Å²) in [5.74, 6) is -2.34. The first-order valence-corrected chi connectivity index (χ1v) is 12.5. The summed E-state index contributed by atoms with van der Waals surface area (Å²) < 4.78 is 30.6. The molecule has 0 amide bonds. The quantitative estimate of drug-likeness (QED) is 0.190. The third kappa shape index (κ3) is 7.76. The SMILES string of the molecule is CC1(C(=O)C=[N+]=[N-])O[C@@H](COCc2ccccc2)C(OCc2ccccc2)[C@@H](COCc2ccccc2)O1. The standard InChI is InChI=1S/C30H32N2O6/c1-30(28(33)17-32-31)37-26(21-34-18-23-11-5-2-6-12-23)29(36-20-25-15-9-4-10-16-25)27(38-30)22-35-19-24-13-7-3-8-14-24/h2-17,26-27,29H,18-22H2,1H3/t26-,27+,29?,30?. The van der Waals surface area contributed by atoms with Crippen LogP contribution in [0.15, 0.2) is 91.0 Å². The van der Waals surface area contributed by atoms with Crippen molar-refractivity contribution in [1.29, 1.82) is 0 Å². The molecule has 0 spiro atoms. The highest BCUT2D eigenvalue weighted by Crippen LogP contribution is 2.31. The second-order valence-electron chi connectivity index (χ2n) is 9.13. The summed E-state index contributed by atoms with van der Waals surface area (Å²) >= 11 is 0. The first-order chi connectivity index (χ1) is 18.6. The molecule has 0 radical (unpaired) electrons. The highest BCUT2D eigenvalue weighted by atomic mass is 16.7. The zero-order valence-electron chi connectivity index (χ0n) is 21.3. The maximum absolute atomic E-state index is 12.8. The lowest BCUT2D eigenvalue weighted by molar-refractivity contribution is -0.339. The molecule has 0 aliphatic carbocycles. The number of rotatable bonds is 13. The summed E-state index contributed by atoms with van der Waals surface area (Å²) in [5, 5.41) is 0. The number of carbonyl (C=O) groups is 1. The van der Waals surface area contributed by atoms with Crippen LogP contribution in [0.3, 0.4) is 0 Å². The fourth-order valence-electron chi connectivity index (χ4n) is 4.24. The molecule has 2 unspecified atom stereocenters. The molecule has 0 N–H and O–H groups in total. The number of ketones is 1. The number of benzene rings is 3. The van der Waals surface area contributed by atoms with Gasteiger partial charge in [0.25, 0.3) is 5.78 Å². The molecule has 8 heteroatoms. The van der Waals surface area contributed by atoms with Crippen molar-refractivity contribution < 1.29 is 33.3 Å². The van der Waals surface area contributed by atoms with E-state index in [4.69, 9.17) is 29.2 Å². The molecule has 3 aromatic carbocycles. The normalized spacial score (nSPS) is 22.9. The molecule has 1 fully saturated rings. The number of Topliss-reactive ketones (excluding diaryl/α,β-unsaturated/α-hetero) is 1. The Hall–Kier alpha value is -3.49. The van der Waals surface area contributed by atoms with Crippen molar-refractivity contribution in [1.82, 2.24) is 0 Å². The Morgan fingerprint density at radius 2 is 1.21 bits per heavy atom. The molecule has 0 aromatic heterocycles. The second kappa shape index (κ2) is 13.9. The number of nitrogens with zero attached hydrogens (tertiary/aromatic N) is 2. The van der Waals surface area contributed by atoms with Gasteiger partial charge in [0, 0.05) is 0 Å². The largest absolute Gasteiger partial charge is 0.374 e. The monoisotopic (exact) mass is 516 g/mol. The van der Waals surface area contributed by atoms with E-state index in [2.05, 4.69) is 4.79 Å². The molecule has 1 aliphatic heterocycles. The molecule has 1 heterocycles. The highest BCUT2D eigenvalue weighted by molar-refractivity contribution is 6.28. The van der Waals surface area contributed by atoms with Crippen LogP contribution in [0.1, 0.15) is 23.6 Å². The van der Waals surface area contributed by atoms with Crippen LogP contribution in [-0.2, 0) is 48.3 Å². The van der Waals surface area contributed by atoms with E-state index >= 15 is 0 Å². The molecule has 1 aliphatic rings. The molecule has 198 valence electrons. The van der Waals surface area contributed by atoms with Gasteiger partial charge in [-0.15, -0.1) is 0 Å². The minimum absolute atomic E-state index is 0.145. The lowest BCUT2D eigenvalue weighted by atomic mass is 10.0. The molecule has 3 aromatic rings. The van der Waals surface area contributed by atoms with E-state index in [0.29, 0.717) is 19.8 Å². The lowest BCUT2D eigenvalue weighted by Crippen LogP contribution is -2.62. The van der Waals surface area contributed by atoms with Gasteiger partial charge in [-0.3, -0.25) is 4.79 Å². The minimum atomic E-state index is -1.71. The van der Waals surface area contributed by atoms with Crippen molar-refractivity contribution >= 4 is 12.0 Å². The average molecular weight is 517 g/mol. The van der Waals surface area contributed by atoms with Gasteiger partial charge in [0.2, 0.25) is 5.79 Å². The summed E-state index contributed by atoms with van der Waals surface area (Å²) in [6.45, 7) is 2.83. The summed E-state index contributed by atoms with van der Waals surface area (Å²) in [6, 6.07) is 29.3. The van der Waals surface area contributed by atoms with Gasteiger partial charge in [-0.1, -0.05) is 91.0 Å².